The van der Waals surface area contributed by atoms with E-state index in [9.17, 15) is 14.4 Å². The summed E-state index contributed by atoms with van der Waals surface area (Å²) in [5.41, 5.74) is 9.86. The number of amides is 2. The molecule has 13 heteroatoms. The van der Waals surface area contributed by atoms with Crippen molar-refractivity contribution < 1.29 is 19.1 Å². The van der Waals surface area contributed by atoms with Gasteiger partial charge in [0.1, 0.15) is 0 Å². The third-order valence-corrected chi connectivity index (χ3v) is 9.61. The molecule has 0 aliphatic heterocycles. The number of anilines is 3. The summed E-state index contributed by atoms with van der Waals surface area (Å²) in [4.78, 5) is 45.5. The first kappa shape index (κ1) is 26.9. The molecule has 4 N–H and O–H groups in total. The van der Waals surface area contributed by atoms with Crippen LogP contribution in [-0.2, 0) is 14.3 Å². The average molecular weight is 596 g/mol. The standard InChI is InChI=1S/C26H21N5O4S4/c1-35-24(34)14-2-5-16(6-3-14)28-22(32)12-36-26-31-19-9-7-17(11-21(19)39-26)29-23(33)13-37-25-30-18-8-4-15(27)10-20(18)38-25/h2-11H,12-13,27H2,1H3,(H,28,32)(H,29,33). The van der Waals surface area contributed by atoms with Gasteiger partial charge in [-0.15, -0.1) is 22.7 Å². The van der Waals surface area contributed by atoms with Crippen LogP contribution in [0.3, 0.4) is 0 Å². The van der Waals surface area contributed by atoms with Gasteiger partial charge in [0.05, 0.1) is 44.6 Å². The van der Waals surface area contributed by atoms with Crippen LogP contribution in [0.15, 0.2) is 69.3 Å². The summed E-state index contributed by atoms with van der Waals surface area (Å²) in [5, 5.41) is 5.73. The van der Waals surface area contributed by atoms with Gasteiger partial charge < -0.3 is 21.1 Å². The van der Waals surface area contributed by atoms with Crippen molar-refractivity contribution in [3.8, 4) is 0 Å². The number of methoxy groups -OCH3 is 1. The number of hydrogen-bond donors (Lipinski definition) is 3. The highest BCUT2D eigenvalue weighted by molar-refractivity contribution is 8.02. The molecule has 0 saturated heterocycles. The molecule has 0 aliphatic rings. The number of carbonyl (C=O) groups excluding carboxylic acids is 3. The van der Waals surface area contributed by atoms with Gasteiger partial charge in [-0.1, -0.05) is 23.5 Å². The molecule has 5 rings (SSSR count). The maximum Gasteiger partial charge on any atom is 0.337 e. The van der Waals surface area contributed by atoms with Crippen molar-refractivity contribution in [1.82, 2.24) is 9.97 Å². The minimum absolute atomic E-state index is 0.131. The van der Waals surface area contributed by atoms with Crippen molar-refractivity contribution in [2.45, 2.75) is 8.68 Å². The van der Waals surface area contributed by atoms with Gasteiger partial charge in [0.15, 0.2) is 8.68 Å². The molecule has 0 spiro atoms. The fourth-order valence-electron chi connectivity index (χ4n) is 3.48. The molecular formula is C26H21N5O4S4. The summed E-state index contributed by atoms with van der Waals surface area (Å²) in [6.45, 7) is 0. The molecule has 2 amide bonds. The summed E-state index contributed by atoms with van der Waals surface area (Å²) in [5.74, 6) is -0.340. The molecule has 39 heavy (non-hydrogen) atoms. The van der Waals surface area contributed by atoms with Crippen LogP contribution in [0.25, 0.3) is 20.4 Å². The molecule has 0 radical (unpaired) electrons. The van der Waals surface area contributed by atoms with Crippen molar-refractivity contribution >= 4 is 101 Å². The second-order valence-corrected chi connectivity index (χ2v) is 12.6. The van der Waals surface area contributed by atoms with E-state index in [0.29, 0.717) is 22.6 Å². The second kappa shape index (κ2) is 12.0. The van der Waals surface area contributed by atoms with E-state index in [1.807, 2.05) is 36.4 Å². The number of ether oxygens (including phenoxy) is 1. The highest BCUT2D eigenvalue weighted by Gasteiger charge is 2.12. The molecule has 0 fully saturated rings. The Kier molecular flexibility index (Phi) is 8.31. The monoisotopic (exact) mass is 595 g/mol. The highest BCUT2D eigenvalue weighted by Crippen LogP contribution is 2.33. The molecular weight excluding hydrogens is 575 g/mol. The molecule has 0 aliphatic carbocycles. The molecule has 0 saturated carbocycles. The van der Waals surface area contributed by atoms with E-state index in [1.54, 1.807) is 24.3 Å². The van der Waals surface area contributed by atoms with E-state index in [1.165, 1.54) is 53.3 Å². The first-order valence-corrected chi connectivity index (χ1v) is 15.1. The van der Waals surface area contributed by atoms with Gasteiger partial charge in [-0.25, -0.2) is 14.8 Å². The fourth-order valence-corrected chi connectivity index (χ4v) is 7.31. The van der Waals surface area contributed by atoms with Gasteiger partial charge in [-0.3, -0.25) is 9.59 Å². The summed E-state index contributed by atoms with van der Waals surface area (Å²) in [6, 6.07) is 17.6. The van der Waals surface area contributed by atoms with Gasteiger partial charge in [0.2, 0.25) is 11.8 Å². The zero-order chi connectivity index (χ0) is 27.4. The summed E-state index contributed by atoms with van der Waals surface area (Å²) in [7, 11) is 1.32. The van der Waals surface area contributed by atoms with E-state index in [0.717, 1.165) is 29.1 Å². The number of fused-ring (bicyclic) bond motifs is 2. The number of carbonyl (C=O) groups is 3. The zero-order valence-electron chi connectivity index (χ0n) is 20.4. The van der Waals surface area contributed by atoms with E-state index >= 15 is 0 Å². The van der Waals surface area contributed by atoms with Crippen LogP contribution >= 0.6 is 46.2 Å². The Labute approximate surface area is 239 Å². The van der Waals surface area contributed by atoms with Gasteiger partial charge in [-0.2, -0.15) is 0 Å². The Balaban J connectivity index is 1.12. The Morgan fingerprint density at radius 1 is 0.795 bits per heavy atom. The predicted octanol–water partition coefficient (Wildman–Crippen LogP) is 5.74. The Hall–Kier alpha value is -3.65. The SMILES string of the molecule is COC(=O)c1ccc(NC(=O)CSc2nc3ccc(NC(=O)CSc4nc5ccc(N)cc5s4)cc3s2)cc1. The van der Waals surface area contributed by atoms with E-state index in [2.05, 4.69) is 25.3 Å². The first-order valence-electron chi connectivity index (χ1n) is 11.5. The van der Waals surface area contributed by atoms with Crippen LogP contribution in [0.2, 0.25) is 0 Å². The van der Waals surface area contributed by atoms with Crippen LogP contribution in [0.5, 0.6) is 0 Å². The van der Waals surface area contributed by atoms with Crippen LogP contribution in [0.1, 0.15) is 10.4 Å². The molecule has 198 valence electrons. The lowest BCUT2D eigenvalue weighted by Gasteiger charge is -2.05. The fraction of sp³-hybridized carbons (Fsp3) is 0.115. The number of esters is 1. The Morgan fingerprint density at radius 2 is 1.33 bits per heavy atom. The Bertz CT molecular complexity index is 1680. The predicted molar refractivity (Wildman–Crippen MR) is 160 cm³/mol. The number of rotatable bonds is 9. The normalized spacial score (nSPS) is 11.0. The number of aromatic nitrogens is 2. The number of nitrogens with one attached hydrogen (secondary N) is 2. The molecule has 5 aromatic rings. The quantitative estimate of drug-likeness (QED) is 0.111. The molecule has 3 aromatic carbocycles. The number of nitrogens with two attached hydrogens (primary N) is 1. The molecule has 9 nitrogen and oxygen atoms in total. The van der Waals surface area contributed by atoms with Crippen molar-refractivity contribution in [1.29, 1.82) is 0 Å². The van der Waals surface area contributed by atoms with Gasteiger partial charge in [-0.05, 0) is 60.7 Å². The van der Waals surface area contributed by atoms with Crippen LogP contribution in [-0.4, -0.2) is 46.4 Å². The smallest absolute Gasteiger partial charge is 0.337 e. The van der Waals surface area contributed by atoms with Gasteiger partial charge >= 0.3 is 5.97 Å². The number of nitrogens with zero attached hydrogens (tertiary/aromatic N) is 2. The topological polar surface area (TPSA) is 136 Å². The number of thioether (sulfide) groups is 2. The second-order valence-electron chi connectivity index (χ2n) is 8.11. The van der Waals surface area contributed by atoms with Crippen LogP contribution in [0, 0.1) is 0 Å². The lowest BCUT2D eigenvalue weighted by Crippen LogP contribution is -2.14. The Morgan fingerprint density at radius 3 is 1.95 bits per heavy atom. The number of benzene rings is 3. The maximum absolute atomic E-state index is 12.5. The maximum atomic E-state index is 12.5. The third-order valence-electron chi connectivity index (χ3n) is 5.29. The number of nitrogen functional groups attached to an aromatic ring is 1. The number of hydrogen-bond acceptors (Lipinski definition) is 11. The minimum atomic E-state index is -0.434. The molecule has 0 bridgehead atoms. The summed E-state index contributed by atoms with van der Waals surface area (Å²) in [6.07, 6.45) is 0. The number of thiazole rings is 2. The van der Waals surface area contributed by atoms with E-state index < -0.39 is 5.97 Å². The van der Waals surface area contributed by atoms with E-state index in [4.69, 9.17) is 5.73 Å². The molecule has 0 unspecified atom stereocenters. The van der Waals surface area contributed by atoms with E-state index in [-0.39, 0.29) is 23.3 Å². The molecule has 0 atom stereocenters. The van der Waals surface area contributed by atoms with Crippen molar-refractivity contribution in [2.24, 2.45) is 0 Å². The highest BCUT2D eigenvalue weighted by atomic mass is 32.2. The first-order chi connectivity index (χ1) is 18.9. The van der Waals surface area contributed by atoms with Crippen molar-refractivity contribution in [3.05, 3.63) is 66.2 Å². The third kappa shape index (κ3) is 6.87. The molecule has 2 heterocycles. The van der Waals surface area contributed by atoms with Crippen molar-refractivity contribution in [3.63, 3.8) is 0 Å². The van der Waals surface area contributed by atoms with Crippen molar-refractivity contribution in [2.75, 3.05) is 35.0 Å². The largest absolute Gasteiger partial charge is 0.465 e. The van der Waals surface area contributed by atoms with Gasteiger partial charge in [0, 0.05) is 17.1 Å². The van der Waals surface area contributed by atoms with Crippen LogP contribution in [0.4, 0.5) is 17.1 Å². The average Bonchev–Trinajstić information content (AvgIpc) is 3.53. The molecule has 2 aromatic heterocycles. The lowest BCUT2D eigenvalue weighted by atomic mass is 10.2. The summed E-state index contributed by atoms with van der Waals surface area (Å²) < 4.78 is 8.14. The van der Waals surface area contributed by atoms with Crippen LogP contribution < -0.4 is 16.4 Å². The minimum Gasteiger partial charge on any atom is -0.465 e. The zero-order valence-corrected chi connectivity index (χ0v) is 23.7. The van der Waals surface area contributed by atoms with Gasteiger partial charge in [0.25, 0.3) is 0 Å². The lowest BCUT2D eigenvalue weighted by molar-refractivity contribution is -0.114. The summed E-state index contributed by atoms with van der Waals surface area (Å²) >= 11 is 5.68.